The molecule has 0 atom stereocenters. The number of rotatable bonds is 3. The summed E-state index contributed by atoms with van der Waals surface area (Å²) in [6.45, 7) is 1.59. The maximum Gasteiger partial charge on any atom is 0.298 e. The van der Waals surface area contributed by atoms with E-state index in [4.69, 9.17) is 16.0 Å². The lowest BCUT2D eigenvalue weighted by molar-refractivity contribution is -0.126. The van der Waals surface area contributed by atoms with Crippen LogP contribution >= 0.6 is 11.6 Å². The molecule has 1 aromatic carbocycles. The molecule has 2 fully saturated rings. The largest absolute Gasteiger partial charge is 0.423 e. The Morgan fingerprint density at radius 3 is 2.68 bits per heavy atom. The lowest BCUT2D eigenvalue weighted by Crippen LogP contribution is -2.44. The Bertz CT molecular complexity index is 746. The van der Waals surface area contributed by atoms with Crippen LogP contribution in [0.2, 0.25) is 5.02 Å². The number of halogens is 1. The summed E-state index contributed by atoms with van der Waals surface area (Å²) in [6, 6.07) is 6.48. The Morgan fingerprint density at radius 1 is 1.16 bits per heavy atom. The summed E-state index contributed by atoms with van der Waals surface area (Å²) < 4.78 is 5.84. The fourth-order valence-corrected chi connectivity index (χ4v) is 4.09. The monoisotopic (exact) mass is 361 g/mol. The minimum absolute atomic E-state index is 0.108. The molecule has 0 spiro atoms. The fourth-order valence-electron chi connectivity index (χ4n) is 3.92. The van der Waals surface area contributed by atoms with Crippen molar-refractivity contribution in [2.24, 2.45) is 5.92 Å². The molecule has 1 amide bonds. The second-order valence-electron chi connectivity index (χ2n) is 7.21. The molecule has 0 bridgehead atoms. The van der Waals surface area contributed by atoms with Crippen molar-refractivity contribution >= 4 is 34.6 Å². The maximum atomic E-state index is 12.5. The highest BCUT2D eigenvalue weighted by molar-refractivity contribution is 6.31. The first-order valence-corrected chi connectivity index (χ1v) is 9.68. The average Bonchev–Trinajstić information content (AvgIpc) is 3.06. The van der Waals surface area contributed by atoms with Crippen molar-refractivity contribution in [3.8, 4) is 0 Å². The number of anilines is 1. The van der Waals surface area contributed by atoms with Crippen LogP contribution in [0.1, 0.15) is 44.9 Å². The van der Waals surface area contributed by atoms with Crippen LogP contribution in [0.3, 0.4) is 0 Å². The number of amides is 1. The van der Waals surface area contributed by atoms with Crippen LogP contribution in [0.15, 0.2) is 22.6 Å². The molecule has 1 aromatic heterocycles. The van der Waals surface area contributed by atoms with Crippen LogP contribution in [-0.2, 0) is 4.79 Å². The third-order valence-electron chi connectivity index (χ3n) is 5.43. The number of aromatic nitrogens is 1. The molecule has 1 aliphatic heterocycles. The SMILES string of the molecule is O=C(NC1CCCCC1)C1CCN(c2nc3cc(Cl)ccc3o2)CC1. The topological polar surface area (TPSA) is 58.4 Å². The number of fused-ring (bicyclic) bond motifs is 1. The van der Waals surface area contributed by atoms with E-state index in [1.807, 2.05) is 12.1 Å². The molecule has 5 nitrogen and oxygen atoms in total. The number of carbonyl (C=O) groups is 1. The third kappa shape index (κ3) is 3.76. The molecule has 134 valence electrons. The molecule has 1 aliphatic carbocycles. The Hall–Kier alpha value is -1.75. The van der Waals surface area contributed by atoms with Gasteiger partial charge in [0.25, 0.3) is 6.01 Å². The van der Waals surface area contributed by atoms with Crippen molar-refractivity contribution in [3.63, 3.8) is 0 Å². The quantitative estimate of drug-likeness (QED) is 0.892. The number of piperidine rings is 1. The Balaban J connectivity index is 1.34. The van der Waals surface area contributed by atoms with Crippen LogP contribution in [0, 0.1) is 5.92 Å². The minimum atomic E-state index is 0.108. The van der Waals surface area contributed by atoms with E-state index in [0.29, 0.717) is 17.1 Å². The molecule has 0 unspecified atom stereocenters. The number of nitrogens with one attached hydrogen (secondary N) is 1. The van der Waals surface area contributed by atoms with Gasteiger partial charge in [-0.3, -0.25) is 4.79 Å². The Morgan fingerprint density at radius 2 is 1.92 bits per heavy atom. The first-order chi connectivity index (χ1) is 12.2. The van der Waals surface area contributed by atoms with E-state index in [1.165, 1.54) is 19.3 Å². The molecule has 1 saturated carbocycles. The maximum absolute atomic E-state index is 12.5. The summed E-state index contributed by atoms with van der Waals surface area (Å²) in [7, 11) is 0. The second kappa shape index (κ2) is 7.24. The van der Waals surface area contributed by atoms with Gasteiger partial charge < -0.3 is 14.6 Å². The van der Waals surface area contributed by atoms with Crippen molar-refractivity contribution < 1.29 is 9.21 Å². The lowest BCUT2D eigenvalue weighted by atomic mass is 9.92. The molecule has 4 rings (SSSR count). The first-order valence-electron chi connectivity index (χ1n) is 9.30. The predicted molar refractivity (Wildman–Crippen MR) is 99.0 cm³/mol. The van der Waals surface area contributed by atoms with E-state index >= 15 is 0 Å². The fraction of sp³-hybridized carbons (Fsp3) is 0.579. The number of hydrogen-bond donors (Lipinski definition) is 1. The smallest absolute Gasteiger partial charge is 0.298 e. The van der Waals surface area contributed by atoms with E-state index in [1.54, 1.807) is 6.07 Å². The van der Waals surface area contributed by atoms with E-state index < -0.39 is 0 Å². The van der Waals surface area contributed by atoms with Gasteiger partial charge in [-0.15, -0.1) is 0 Å². The molecule has 25 heavy (non-hydrogen) atoms. The van der Waals surface area contributed by atoms with Gasteiger partial charge >= 0.3 is 0 Å². The number of nitrogens with zero attached hydrogens (tertiary/aromatic N) is 2. The van der Waals surface area contributed by atoms with Crippen molar-refractivity contribution in [3.05, 3.63) is 23.2 Å². The van der Waals surface area contributed by atoms with Gasteiger partial charge in [0.1, 0.15) is 5.52 Å². The number of hydrogen-bond acceptors (Lipinski definition) is 4. The first kappa shape index (κ1) is 16.7. The van der Waals surface area contributed by atoms with Gasteiger partial charge in [0, 0.05) is 30.1 Å². The zero-order chi connectivity index (χ0) is 17.2. The van der Waals surface area contributed by atoms with Crippen LogP contribution in [0.5, 0.6) is 0 Å². The third-order valence-corrected chi connectivity index (χ3v) is 5.66. The summed E-state index contributed by atoms with van der Waals surface area (Å²) in [5, 5.41) is 3.92. The predicted octanol–water partition coefficient (Wildman–Crippen LogP) is 4.15. The highest BCUT2D eigenvalue weighted by atomic mass is 35.5. The molecule has 2 aromatic rings. The molecule has 1 N–H and O–H groups in total. The van der Waals surface area contributed by atoms with Crippen LogP contribution < -0.4 is 10.2 Å². The zero-order valence-corrected chi connectivity index (χ0v) is 15.1. The number of carbonyl (C=O) groups excluding carboxylic acids is 1. The van der Waals surface area contributed by atoms with E-state index in [2.05, 4.69) is 15.2 Å². The summed E-state index contributed by atoms with van der Waals surface area (Å²) in [4.78, 5) is 19.2. The summed E-state index contributed by atoms with van der Waals surface area (Å²) in [5.41, 5.74) is 1.52. The summed E-state index contributed by atoms with van der Waals surface area (Å²) in [6.07, 6.45) is 7.75. The Labute approximate surface area is 152 Å². The van der Waals surface area contributed by atoms with Crippen LogP contribution in [0.4, 0.5) is 6.01 Å². The van der Waals surface area contributed by atoms with Crippen molar-refractivity contribution in [2.75, 3.05) is 18.0 Å². The molecule has 1 saturated heterocycles. The molecule has 2 aliphatic rings. The van der Waals surface area contributed by atoms with Gasteiger partial charge in [-0.25, -0.2) is 0 Å². The van der Waals surface area contributed by atoms with Crippen molar-refractivity contribution in [2.45, 2.75) is 51.0 Å². The van der Waals surface area contributed by atoms with Gasteiger partial charge in [-0.1, -0.05) is 30.9 Å². The van der Waals surface area contributed by atoms with Crippen molar-refractivity contribution in [1.29, 1.82) is 0 Å². The molecular formula is C19H24ClN3O2. The normalized spacial score (nSPS) is 20.1. The molecule has 2 heterocycles. The average molecular weight is 362 g/mol. The summed E-state index contributed by atoms with van der Waals surface area (Å²) in [5.74, 6) is 0.341. The Kier molecular flexibility index (Phi) is 4.84. The minimum Gasteiger partial charge on any atom is -0.423 e. The lowest BCUT2D eigenvalue weighted by Gasteiger charge is -2.31. The molecular weight excluding hydrogens is 338 g/mol. The number of benzene rings is 1. The molecule has 0 radical (unpaired) electrons. The highest BCUT2D eigenvalue weighted by Crippen LogP contribution is 2.28. The molecule has 6 heteroatoms. The zero-order valence-electron chi connectivity index (χ0n) is 14.3. The van der Waals surface area contributed by atoms with Gasteiger partial charge in [0.05, 0.1) is 0 Å². The number of oxazole rings is 1. The standard InChI is InChI=1S/C19H24ClN3O2/c20-14-6-7-17-16(12-14)22-19(25-17)23-10-8-13(9-11-23)18(24)21-15-4-2-1-3-5-15/h6-7,12-13,15H,1-5,8-11H2,(H,21,24). The van der Waals surface area contributed by atoms with E-state index in [-0.39, 0.29) is 11.8 Å². The van der Waals surface area contributed by atoms with Gasteiger partial charge in [0.15, 0.2) is 5.58 Å². The van der Waals surface area contributed by atoms with E-state index in [0.717, 1.165) is 49.9 Å². The highest BCUT2D eigenvalue weighted by Gasteiger charge is 2.28. The van der Waals surface area contributed by atoms with E-state index in [9.17, 15) is 4.79 Å². The van der Waals surface area contributed by atoms with Gasteiger partial charge in [0.2, 0.25) is 5.91 Å². The summed E-state index contributed by atoms with van der Waals surface area (Å²) >= 11 is 6.01. The second-order valence-corrected chi connectivity index (χ2v) is 7.65. The van der Waals surface area contributed by atoms with Gasteiger partial charge in [-0.2, -0.15) is 4.98 Å². The van der Waals surface area contributed by atoms with Crippen molar-refractivity contribution in [1.82, 2.24) is 10.3 Å². The van der Waals surface area contributed by atoms with Crippen LogP contribution in [-0.4, -0.2) is 30.0 Å². The van der Waals surface area contributed by atoms with Crippen LogP contribution in [0.25, 0.3) is 11.1 Å². The van der Waals surface area contributed by atoms with Gasteiger partial charge in [-0.05, 0) is 43.9 Å².